The van der Waals surface area contributed by atoms with Crippen LogP contribution >= 0.6 is 0 Å². The molecule has 0 aliphatic carbocycles. The molecule has 5 nitrogen and oxygen atoms in total. The van der Waals surface area contributed by atoms with E-state index in [2.05, 4.69) is 0 Å². The largest absolute Gasteiger partial charge is 0.496 e. The molecule has 5 heteroatoms. The van der Waals surface area contributed by atoms with Gasteiger partial charge in [0.1, 0.15) is 5.75 Å². The third-order valence-corrected chi connectivity index (χ3v) is 3.07. The topological polar surface area (TPSA) is 55.8 Å². The first-order chi connectivity index (χ1) is 8.61. The molecule has 0 spiro atoms. The molecule has 0 unspecified atom stereocenters. The molecule has 18 heavy (non-hydrogen) atoms. The van der Waals surface area contributed by atoms with Gasteiger partial charge in [-0.1, -0.05) is 6.08 Å². The fourth-order valence-corrected chi connectivity index (χ4v) is 2.26. The van der Waals surface area contributed by atoms with Crippen LogP contribution in [-0.2, 0) is 14.3 Å². The lowest BCUT2D eigenvalue weighted by molar-refractivity contribution is -0.147. The number of nitrogens with zero attached hydrogens (tertiary/aromatic N) is 1. The molecule has 1 amide bonds. The van der Waals surface area contributed by atoms with Crippen molar-refractivity contribution in [2.24, 2.45) is 0 Å². The van der Waals surface area contributed by atoms with E-state index in [9.17, 15) is 9.59 Å². The normalized spacial score (nSPS) is 17.0. The Labute approximate surface area is 103 Å². The second kappa shape index (κ2) is 3.60. The van der Waals surface area contributed by atoms with Crippen LogP contribution in [0.5, 0.6) is 5.75 Å². The van der Waals surface area contributed by atoms with E-state index in [4.69, 9.17) is 9.47 Å². The van der Waals surface area contributed by atoms with Crippen molar-refractivity contribution < 1.29 is 19.1 Å². The quantitative estimate of drug-likeness (QED) is 0.482. The predicted octanol–water partition coefficient (Wildman–Crippen LogP) is -0.751. The number of carbonyl (C=O) groups excluding carboxylic acids is 2. The zero-order valence-corrected chi connectivity index (χ0v) is 10.0. The van der Waals surface area contributed by atoms with Crippen molar-refractivity contribution in [1.29, 1.82) is 0 Å². The van der Waals surface area contributed by atoms with Crippen molar-refractivity contribution in [3.8, 4) is 5.75 Å². The maximum Gasteiger partial charge on any atom is 0.404 e. The van der Waals surface area contributed by atoms with E-state index in [1.807, 2.05) is 25.1 Å². The van der Waals surface area contributed by atoms with Crippen LogP contribution in [0.25, 0.3) is 12.0 Å². The molecule has 0 N–H and O–H groups in total. The van der Waals surface area contributed by atoms with E-state index in [-0.39, 0.29) is 0 Å². The number of hydrogen-bond acceptors (Lipinski definition) is 4. The van der Waals surface area contributed by atoms with Crippen LogP contribution in [-0.4, -0.2) is 30.4 Å². The lowest BCUT2D eigenvalue weighted by atomic mass is 10.1. The molecular weight excluding hydrogens is 234 g/mol. The van der Waals surface area contributed by atoms with Crippen LogP contribution in [0.3, 0.4) is 0 Å². The minimum absolute atomic E-state index is 0.310. The number of carbonyl (C=O) groups is 2. The number of fused-ring (bicyclic) bond motifs is 2. The number of aryl methyl sites for hydroxylation is 1. The van der Waals surface area contributed by atoms with Gasteiger partial charge in [0, 0.05) is 17.0 Å². The minimum Gasteiger partial charge on any atom is -0.496 e. The van der Waals surface area contributed by atoms with Gasteiger partial charge in [-0.15, -0.1) is 0 Å². The predicted molar refractivity (Wildman–Crippen MR) is 62.7 cm³/mol. The third kappa shape index (κ3) is 1.33. The summed E-state index contributed by atoms with van der Waals surface area (Å²) in [6, 6.07) is 3.78. The molecule has 1 aromatic carbocycles. The summed E-state index contributed by atoms with van der Waals surface area (Å²) in [6.07, 6.45) is 1.86. The van der Waals surface area contributed by atoms with Gasteiger partial charge in [-0.2, -0.15) is 0 Å². The maximum absolute atomic E-state index is 11.6. The number of benzene rings is 1. The molecule has 1 fully saturated rings. The molecule has 0 saturated carbocycles. The third-order valence-electron chi connectivity index (χ3n) is 3.07. The van der Waals surface area contributed by atoms with Crippen molar-refractivity contribution >= 4 is 23.8 Å². The van der Waals surface area contributed by atoms with Crippen molar-refractivity contribution in [3.63, 3.8) is 0 Å². The first-order valence-electron chi connectivity index (χ1n) is 5.54. The van der Waals surface area contributed by atoms with Gasteiger partial charge in [-0.05, 0) is 24.6 Å². The highest BCUT2D eigenvalue weighted by Gasteiger charge is 2.38. The highest BCUT2D eigenvalue weighted by Crippen LogP contribution is 2.18. The van der Waals surface area contributed by atoms with Gasteiger partial charge < -0.3 is 9.47 Å². The summed E-state index contributed by atoms with van der Waals surface area (Å²) < 4.78 is 10.3. The number of methoxy groups -OCH3 is 1. The number of esters is 1. The van der Waals surface area contributed by atoms with Crippen LogP contribution < -0.4 is 15.2 Å². The summed E-state index contributed by atoms with van der Waals surface area (Å²) in [7, 11) is 1.59. The lowest BCUT2D eigenvalue weighted by Gasteiger charge is -2.17. The monoisotopic (exact) mass is 245 g/mol. The summed E-state index contributed by atoms with van der Waals surface area (Å²) in [5.41, 5.74) is 0.976. The standard InChI is InChI=1S/C13H11NO4/c1-7-5-9-8(10(6-7)17-2)3-4-14-11(15)13(16)18-12(9)14/h3,5-6H,4H2,1-2H3. The van der Waals surface area contributed by atoms with Crippen LogP contribution in [0, 0.1) is 6.92 Å². The van der Waals surface area contributed by atoms with Gasteiger partial charge in [0.05, 0.1) is 7.11 Å². The maximum atomic E-state index is 11.6. The Morgan fingerprint density at radius 1 is 1.33 bits per heavy atom. The SMILES string of the molecule is COc1cc(C)cc2c1=CCN1C(=O)C(=O)OC=21. The molecule has 1 aromatic rings. The Bertz CT molecular complexity index is 690. The lowest BCUT2D eigenvalue weighted by Crippen LogP contribution is -2.40. The fraction of sp³-hybridized carbons (Fsp3) is 0.231. The highest BCUT2D eigenvalue weighted by molar-refractivity contribution is 6.37. The number of ether oxygens (including phenoxy) is 2. The Kier molecular flexibility index (Phi) is 2.16. The summed E-state index contributed by atoms with van der Waals surface area (Å²) in [4.78, 5) is 24.2. The first kappa shape index (κ1) is 10.8. The molecule has 1 saturated heterocycles. The molecular formula is C13H11NO4. The smallest absolute Gasteiger partial charge is 0.404 e. The molecule has 3 rings (SSSR count). The fourth-order valence-electron chi connectivity index (χ4n) is 2.26. The number of amides is 1. The summed E-state index contributed by atoms with van der Waals surface area (Å²) in [6.45, 7) is 2.24. The second-order valence-corrected chi connectivity index (χ2v) is 4.24. The van der Waals surface area contributed by atoms with Gasteiger partial charge in [0.15, 0.2) is 0 Å². The average molecular weight is 245 g/mol. The second-order valence-electron chi connectivity index (χ2n) is 4.24. The van der Waals surface area contributed by atoms with E-state index in [0.717, 1.165) is 16.0 Å². The van der Waals surface area contributed by atoms with Gasteiger partial charge in [0.2, 0.25) is 5.88 Å². The van der Waals surface area contributed by atoms with Crippen LogP contribution in [0.15, 0.2) is 12.1 Å². The molecule has 0 radical (unpaired) electrons. The van der Waals surface area contributed by atoms with E-state index < -0.39 is 11.9 Å². The molecule has 0 atom stereocenters. The Hall–Kier alpha value is -2.30. The van der Waals surface area contributed by atoms with Crippen LogP contribution in [0.1, 0.15) is 5.56 Å². The Balaban J connectivity index is 2.38. The van der Waals surface area contributed by atoms with Crippen LogP contribution in [0.2, 0.25) is 0 Å². The molecule has 2 heterocycles. The van der Waals surface area contributed by atoms with Crippen molar-refractivity contribution in [2.75, 3.05) is 13.7 Å². The zero-order valence-electron chi connectivity index (χ0n) is 10.0. The Morgan fingerprint density at radius 3 is 2.83 bits per heavy atom. The first-order valence-corrected chi connectivity index (χ1v) is 5.54. The number of rotatable bonds is 1. The van der Waals surface area contributed by atoms with E-state index in [1.165, 1.54) is 4.90 Å². The molecule has 2 aliphatic rings. The molecule has 92 valence electrons. The summed E-state index contributed by atoms with van der Waals surface area (Å²) in [5, 5.41) is 1.58. The van der Waals surface area contributed by atoms with Gasteiger partial charge in [-0.3, -0.25) is 9.69 Å². The van der Waals surface area contributed by atoms with Gasteiger partial charge >= 0.3 is 11.9 Å². The van der Waals surface area contributed by atoms with Crippen molar-refractivity contribution in [3.05, 3.63) is 28.1 Å². The molecule has 2 aliphatic heterocycles. The van der Waals surface area contributed by atoms with E-state index >= 15 is 0 Å². The summed E-state index contributed by atoms with van der Waals surface area (Å²) >= 11 is 0. The van der Waals surface area contributed by atoms with Gasteiger partial charge in [0.25, 0.3) is 0 Å². The minimum atomic E-state index is -0.827. The van der Waals surface area contributed by atoms with E-state index in [1.54, 1.807) is 7.11 Å². The van der Waals surface area contributed by atoms with Crippen molar-refractivity contribution in [1.82, 2.24) is 4.90 Å². The zero-order chi connectivity index (χ0) is 12.9. The van der Waals surface area contributed by atoms with Crippen molar-refractivity contribution in [2.45, 2.75) is 6.92 Å². The van der Waals surface area contributed by atoms with E-state index in [0.29, 0.717) is 18.2 Å². The Morgan fingerprint density at radius 2 is 2.11 bits per heavy atom. The molecule has 0 bridgehead atoms. The number of hydrogen-bond donors (Lipinski definition) is 0. The highest BCUT2D eigenvalue weighted by atomic mass is 16.6. The summed E-state index contributed by atoms with van der Waals surface area (Å²) in [5.74, 6) is -0.420. The van der Waals surface area contributed by atoms with Gasteiger partial charge in [-0.25, -0.2) is 4.79 Å². The molecule has 0 aromatic heterocycles. The van der Waals surface area contributed by atoms with Crippen LogP contribution in [0.4, 0.5) is 0 Å². The average Bonchev–Trinajstić information content (AvgIpc) is 2.65.